The molecule has 1 aliphatic carbocycles. The van der Waals surface area contributed by atoms with Gasteiger partial charge in [0.2, 0.25) is 0 Å². The molecule has 1 aromatic heterocycles. The van der Waals surface area contributed by atoms with Crippen molar-refractivity contribution in [3.63, 3.8) is 0 Å². The van der Waals surface area contributed by atoms with E-state index < -0.39 is 0 Å². The fourth-order valence-corrected chi connectivity index (χ4v) is 3.20. The maximum atomic E-state index is 9.93. The first-order chi connectivity index (χ1) is 8.78. The lowest BCUT2D eigenvalue weighted by Gasteiger charge is -2.19. The number of hydrogen-bond donors (Lipinski definition) is 2. The second-order valence-corrected chi connectivity index (χ2v) is 5.27. The quantitative estimate of drug-likeness (QED) is 0.839. The van der Waals surface area contributed by atoms with Crippen LogP contribution in [-0.4, -0.2) is 40.8 Å². The van der Waals surface area contributed by atoms with Crippen LogP contribution < -0.4 is 10.2 Å². The molecule has 5 heteroatoms. The van der Waals surface area contributed by atoms with Gasteiger partial charge in [-0.3, -0.25) is 4.98 Å². The number of rotatable bonds is 3. The highest BCUT2D eigenvalue weighted by Crippen LogP contribution is 2.39. The zero-order chi connectivity index (χ0) is 12.5. The maximum Gasteiger partial charge on any atom is 0.149 e. The van der Waals surface area contributed by atoms with E-state index in [0.29, 0.717) is 11.8 Å². The number of anilines is 2. The van der Waals surface area contributed by atoms with Crippen LogP contribution in [0.2, 0.25) is 0 Å². The fraction of sp³-hybridized carbons (Fsp3) is 0.692. The molecular formula is C13H20N4O. The smallest absolute Gasteiger partial charge is 0.149 e. The Balaban J connectivity index is 1.74. The van der Waals surface area contributed by atoms with E-state index in [0.717, 1.165) is 44.1 Å². The van der Waals surface area contributed by atoms with E-state index in [9.17, 15) is 5.11 Å². The van der Waals surface area contributed by atoms with E-state index in [1.165, 1.54) is 0 Å². The molecule has 0 amide bonds. The van der Waals surface area contributed by atoms with Gasteiger partial charge in [0.05, 0.1) is 18.5 Å². The first kappa shape index (κ1) is 11.7. The van der Waals surface area contributed by atoms with Gasteiger partial charge in [-0.25, -0.2) is 4.98 Å². The third-order valence-electron chi connectivity index (χ3n) is 4.12. The van der Waals surface area contributed by atoms with E-state index in [4.69, 9.17) is 0 Å². The molecule has 3 atom stereocenters. The molecular weight excluding hydrogens is 228 g/mol. The second kappa shape index (κ2) is 4.72. The predicted molar refractivity (Wildman–Crippen MR) is 70.6 cm³/mol. The summed E-state index contributed by atoms with van der Waals surface area (Å²) in [6.45, 7) is 4.81. The minimum absolute atomic E-state index is 0.120. The van der Waals surface area contributed by atoms with Crippen LogP contribution in [0, 0.1) is 11.8 Å². The van der Waals surface area contributed by atoms with E-state index in [2.05, 4.69) is 20.2 Å². The Morgan fingerprint density at radius 2 is 2.28 bits per heavy atom. The van der Waals surface area contributed by atoms with Crippen LogP contribution in [0.25, 0.3) is 0 Å². The van der Waals surface area contributed by atoms with Crippen molar-refractivity contribution in [3.05, 3.63) is 12.4 Å². The van der Waals surface area contributed by atoms with Gasteiger partial charge in [0, 0.05) is 25.6 Å². The van der Waals surface area contributed by atoms with Gasteiger partial charge in [0.15, 0.2) is 0 Å². The molecule has 1 aliphatic heterocycles. The number of hydrogen-bond acceptors (Lipinski definition) is 5. The summed E-state index contributed by atoms with van der Waals surface area (Å²) in [6.07, 6.45) is 5.55. The van der Waals surface area contributed by atoms with Gasteiger partial charge in [-0.05, 0) is 25.7 Å². The Labute approximate surface area is 107 Å². The molecule has 98 valence electrons. The third-order valence-corrected chi connectivity index (χ3v) is 4.12. The highest BCUT2D eigenvalue weighted by molar-refractivity contribution is 5.45. The Bertz CT molecular complexity index is 425. The summed E-state index contributed by atoms with van der Waals surface area (Å²) in [5, 5.41) is 13.1. The Kier molecular flexibility index (Phi) is 3.07. The number of aliphatic hydroxyl groups is 1. The molecule has 2 fully saturated rings. The van der Waals surface area contributed by atoms with Crippen molar-refractivity contribution in [1.82, 2.24) is 9.97 Å². The molecule has 2 aliphatic rings. The zero-order valence-corrected chi connectivity index (χ0v) is 10.7. The highest BCUT2D eigenvalue weighted by Gasteiger charge is 2.42. The van der Waals surface area contributed by atoms with E-state index in [1.807, 2.05) is 13.1 Å². The Morgan fingerprint density at radius 1 is 1.39 bits per heavy atom. The highest BCUT2D eigenvalue weighted by atomic mass is 16.3. The molecule has 2 heterocycles. The SMILES string of the molecule is CCNc1cncc(N2CC3CCC(O)C3C2)n1. The molecule has 3 unspecified atom stereocenters. The summed E-state index contributed by atoms with van der Waals surface area (Å²) in [7, 11) is 0. The molecule has 0 bridgehead atoms. The summed E-state index contributed by atoms with van der Waals surface area (Å²) in [4.78, 5) is 11.1. The Morgan fingerprint density at radius 3 is 3.06 bits per heavy atom. The molecule has 5 nitrogen and oxygen atoms in total. The number of nitrogens with one attached hydrogen (secondary N) is 1. The van der Waals surface area contributed by atoms with Crippen molar-refractivity contribution in [2.75, 3.05) is 29.9 Å². The normalized spacial score (nSPS) is 30.6. The minimum Gasteiger partial charge on any atom is -0.393 e. The molecule has 2 N–H and O–H groups in total. The monoisotopic (exact) mass is 248 g/mol. The maximum absolute atomic E-state index is 9.93. The molecule has 3 rings (SSSR count). The number of aromatic nitrogens is 2. The molecule has 0 aromatic carbocycles. The molecule has 0 spiro atoms. The van der Waals surface area contributed by atoms with Crippen LogP contribution in [0.1, 0.15) is 19.8 Å². The topological polar surface area (TPSA) is 61.3 Å². The third kappa shape index (κ3) is 2.03. The van der Waals surface area contributed by atoms with Crippen molar-refractivity contribution < 1.29 is 5.11 Å². The van der Waals surface area contributed by atoms with Gasteiger partial charge in [-0.2, -0.15) is 0 Å². The molecule has 0 radical (unpaired) electrons. The first-order valence-electron chi connectivity index (χ1n) is 6.77. The predicted octanol–water partition coefficient (Wildman–Crippen LogP) is 1.12. The van der Waals surface area contributed by atoms with Crippen LogP contribution in [0.5, 0.6) is 0 Å². The van der Waals surface area contributed by atoms with E-state index in [1.54, 1.807) is 6.20 Å². The van der Waals surface area contributed by atoms with E-state index in [-0.39, 0.29) is 6.10 Å². The largest absolute Gasteiger partial charge is 0.393 e. The lowest BCUT2D eigenvalue weighted by atomic mass is 10.00. The molecule has 1 saturated carbocycles. The number of aliphatic hydroxyl groups excluding tert-OH is 1. The molecule has 18 heavy (non-hydrogen) atoms. The summed E-state index contributed by atoms with van der Waals surface area (Å²) >= 11 is 0. The van der Waals surface area contributed by atoms with Crippen LogP contribution in [0.4, 0.5) is 11.6 Å². The lowest BCUT2D eigenvalue weighted by molar-refractivity contribution is 0.133. The average molecular weight is 248 g/mol. The molecule has 1 aromatic rings. The van der Waals surface area contributed by atoms with Gasteiger partial charge in [0.25, 0.3) is 0 Å². The van der Waals surface area contributed by atoms with Crippen molar-refractivity contribution >= 4 is 11.6 Å². The van der Waals surface area contributed by atoms with Gasteiger partial charge in [-0.1, -0.05) is 0 Å². The van der Waals surface area contributed by atoms with Crippen LogP contribution >= 0.6 is 0 Å². The first-order valence-corrected chi connectivity index (χ1v) is 6.77. The van der Waals surface area contributed by atoms with Crippen LogP contribution in [0.15, 0.2) is 12.4 Å². The second-order valence-electron chi connectivity index (χ2n) is 5.27. The van der Waals surface area contributed by atoms with Crippen molar-refractivity contribution in [3.8, 4) is 0 Å². The van der Waals surface area contributed by atoms with Crippen molar-refractivity contribution in [2.45, 2.75) is 25.9 Å². The zero-order valence-electron chi connectivity index (χ0n) is 10.7. The van der Waals surface area contributed by atoms with Gasteiger partial charge in [0.1, 0.15) is 11.6 Å². The standard InChI is InChI=1S/C13H20N4O/c1-2-15-12-5-14-6-13(16-12)17-7-9-3-4-11(18)10(9)8-17/h5-6,9-11,18H,2-4,7-8H2,1H3,(H,15,16). The van der Waals surface area contributed by atoms with Gasteiger partial charge in [-0.15, -0.1) is 0 Å². The minimum atomic E-state index is -0.120. The molecule has 1 saturated heterocycles. The number of nitrogens with zero attached hydrogens (tertiary/aromatic N) is 3. The summed E-state index contributed by atoms with van der Waals surface area (Å²) in [5.41, 5.74) is 0. The summed E-state index contributed by atoms with van der Waals surface area (Å²) in [5.74, 6) is 2.81. The fourth-order valence-electron chi connectivity index (χ4n) is 3.20. The van der Waals surface area contributed by atoms with E-state index >= 15 is 0 Å². The lowest BCUT2D eigenvalue weighted by Crippen LogP contribution is -2.25. The van der Waals surface area contributed by atoms with Crippen molar-refractivity contribution in [1.29, 1.82) is 0 Å². The number of fused-ring (bicyclic) bond motifs is 1. The van der Waals surface area contributed by atoms with Gasteiger partial charge >= 0.3 is 0 Å². The van der Waals surface area contributed by atoms with Gasteiger partial charge < -0.3 is 15.3 Å². The summed E-state index contributed by atoms with van der Waals surface area (Å²) < 4.78 is 0. The Hall–Kier alpha value is -1.36. The van der Waals surface area contributed by atoms with Crippen molar-refractivity contribution in [2.24, 2.45) is 11.8 Å². The van der Waals surface area contributed by atoms with Crippen LogP contribution in [0.3, 0.4) is 0 Å². The van der Waals surface area contributed by atoms with Crippen LogP contribution in [-0.2, 0) is 0 Å². The average Bonchev–Trinajstić information content (AvgIpc) is 2.93. The summed E-state index contributed by atoms with van der Waals surface area (Å²) in [6, 6.07) is 0.